The summed E-state index contributed by atoms with van der Waals surface area (Å²) in [5, 5.41) is 9.29. The van der Waals surface area contributed by atoms with Crippen molar-refractivity contribution in [2.24, 2.45) is 0 Å². The summed E-state index contributed by atoms with van der Waals surface area (Å²) in [7, 11) is -3.47. The number of hydrogen-bond acceptors (Lipinski definition) is 4. The Morgan fingerprint density at radius 2 is 2.15 bits per heavy atom. The average molecular weight is 318 g/mol. The molecule has 1 N–H and O–H groups in total. The Bertz CT molecular complexity index is 557. The van der Waals surface area contributed by atoms with Crippen molar-refractivity contribution in [1.82, 2.24) is 8.87 Å². The first-order chi connectivity index (χ1) is 9.30. The Hall–Kier alpha value is -0.500. The number of aliphatic hydroxyl groups is 1. The monoisotopic (exact) mass is 318 g/mol. The third-order valence-corrected chi connectivity index (χ3v) is 6.60. The second kappa shape index (κ2) is 5.71. The first-order valence-corrected chi connectivity index (χ1v) is 9.17. The quantitative estimate of drug-likeness (QED) is 0.914. The van der Waals surface area contributed by atoms with Crippen molar-refractivity contribution in [3.8, 4) is 0 Å². The zero-order valence-electron chi connectivity index (χ0n) is 12.2. The fourth-order valence-corrected chi connectivity index (χ4v) is 5.40. The maximum absolute atomic E-state index is 12.7. The minimum absolute atomic E-state index is 0.0571. The van der Waals surface area contributed by atoms with E-state index in [4.69, 9.17) is 0 Å². The summed E-state index contributed by atoms with van der Waals surface area (Å²) in [6, 6.07) is 1.58. The molecule has 7 heteroatoms. The lowest BCUT2D eigenvalue weighted by Crippen LogP contribution is -2.45. The molecule has 0 unspecified atom stereocenters. The topological polar surface area (TPSA) is 62.5 Å². The smallest absolute Gasteiger partial charge is 0.244 e. The first-order valence-electron chi connectivity index (χ1n) is 6.74. The highest BCUT2D eigenvalue weighted by Crippen LogP contribution is 2.32. The molecule has 1 aliphatic rings. The van der Waals surface area contributed by atoms with E-state index in [2.05, 4.69) is 13.8 Å². The summed E-state index contributed by atoms with van der Waals surface area (Å²) in [6.07, 6.45) is 1.62. The molecule has 20 heavy (non-hydrogen) atoms. The zero-order valence-corrected chi connectivity index (χ0v) is 13.8. The van der Waals surface area contributed by atoms with Crippen molar-refractivity contribution in [3.05, 3.63) is 18.0 Å². The third kappa shape index (κ3) is 3.05. The summed E-state index contributed by atoms with van der Waals surface area (Å²) in [5.74, 6) is 0.813. The summed E-state index contributed by atoms with van der Waals surface area (Å²) >= 11 is 1.80. The highest BCUT2D eigenvalue weighted by molar-refractivity contribution is 8.00. The van der Waals surface area contributed by atoms with Gasteiger partial charge in [0.15, 0.2) is 0 Å². The summed E-state index contributed by atoms with van der Waals surface area (Å²) in [6.45, 7) is 7.62. The molecule has 0 saturated carbocycles. The van der Waals surface area contributed by atoms with E-state index in [1.165, 1.54) is 0 Å². The fraction of sp³-hybridized carbons (Fsp3) is 0.692. The van der Waals surface area contributed by atoms with Gasteiger partial charge < -0.3 is 9.67 Å². The van der Waals surface area contributed by atoms with Crippen molar-refractivity contribution >= 4 is 21.8 Å². The van der Waals surface area contributed by atoms with Gasteiger partial charge in [-0.3, -0.25) is 0 Å². The molecule has 0 atom stereocenters. The van der Waals surface area contributed by atoms with E-state index in [9.17, 15) is 13.5 Å². The largest absolute Gasteiger partial charge is 0.390 e. The minimum Gasteiger partial charge on any atom is -0.390 e. The van der Waals surface area contributed by atoms with Crippen LogP contribution in [0.1, 0.15) is 26.5 Å². The number of aromatic nitrogens is 1. The zero-order chi connectivity index (χ0) is 15.0. The molecule has 0 bridgehead atoms. The normalized spacial score (nSPS) is 20.2. The number of thioether (sulfide) groups is 1. The number of aryl methyl sites for hydroxylation is 1. The molecule has 1 fully saturated rings. The van der Waals surface area contributed by atoms with Gasteiger partial charge in [-0.25, -0.2) is 8.42 Å². The van der Waals surface area contributed by atoms with E-state index in [-0.39, 0.29) is 16.2 Å². The van der Waals surface area contributed by atoms with Crippen molar-refractivity contribution in [2.75, 3.05) is 18.8 Å². The molecule has 1 saturated heterocycles. The molecule has 0 aromatic carbocycles. The average Bonchev–Trinajstić information content (AvgIpc) is 2.81. The number of sulfonamides is 1. The number of hydrogen-bond donors (Lipinski definition) is 1. The van der Waals surface area contributed by atoms with Gasteiger partial charge in [0.2, 0.25) is 10.0 Å². The van der Waals surface area contributed by atoms with Gasteiger partial charge in [-0.15, -0.1) is 0 Å². The molecule has 2 heterocycles. The van der Waals surface area contributed by atoms with Gasteiger partial charge in [-0.05, 0) is 26.8 Å². The van der Waals surface area contributed by atoms with Crippen molar-refractivity contribution in [2.45, 2.75) is 43.6 Å². The van der Waals surface area contributed by atoms with Crippen molar-refractivity contribution in [1.29, 1.82) is 0 Å². The van der Waals surface area contributed by atoms with E-state index in [1.54, 1.807) is 32.9 Å². The predicted octanol–water partition coefficient (Wildman–Crippen LogP) is 1.52. The van der Waals surface area contributed by atoms with E-state index < -0.39 is 10.0 Å². The number of nitrogens with zero attached hydrogens (tertiary/aromatic N) is 2. The van der Waals surface area contributed by atoms with E-state index in [0.717, 1.165) is 5.75 Å². The fourth-order valence-electron chi connectivity index (χ4n) is 2.42. The van der Waals surface area contributed by atoms with Crippen molar-refractivity contribution in [3.63, 3.8) is 0 Å². The van der Waals surface area contributed by atoms with Gasteiger partial charge in [0.1, 0.15) is 4.90 Å². The van der Waals surface area contributed by atoms with Crippen LogP contribution in [-0.4, -0.2) is 46.0 Å². The molecule has 0 radical (unpaired) electrons. The molecule has 1 aromatic rings. The highest BCUT2D eigenvalue weighted by atomic mass is 32.2. The van der Waals surface area contributed by atoms with Crippen LogP contribution < -0.4 is 0 Å². The molecular weight excluding hydrogens is 296 g/mol. The van der Waals surface area contributed by atoms with Gasteiger partial charge in [0.05, 0.1) is 6.61 Å². The Kier molecular flexibility index (Phi) is 4.53. The van der Waals surface area contributed by atoms with E-state index in [0.29, 0.717) is 25.3 Å². The van der Waals surface area contributed by atoms with Gasteiger partial charge in [0.25, 0.3) is 0 Å². The van der Waals surface area contributed by atoms with Crippen molar-refractivity contribution < 1.29 is 13.5 Å². The van der Waals surface area contributed by atoms with Crippen LogP contribution in [0, 0.1) is 0 Å². The van der Waals surface area contributed by atoms with Crippen LogP contribution >= 0.6 is 11.8 Å². The van der Waals surface area contributed by atoms with E-state index in [1.807, 2.05) is 6.92 Å². The summed E-state index contributed by atoms with van der Waals surface area (Å²) in [4.78, 5) is 0.283. The van der Waals surface area contributed by atoms with Gasteiger partial charge in [-0.2, -0.15) is 16.1 Å². The number of rotatable bonds is 4. The molecule has 0 spiro atoms. The van der Waals surface area contributed by atoms with Crippen LogP contribution in [0.3, 0.4) is 0 Å². The lowest BCUT2D eigenvalue weighted by Gasteiger charge is -2.36. The molecule has 2 rings (SSSR count). The van der Waals surface area contributed by atoms with Crippen LogP contribution in [0.2, 0.25) is 0 Å². The van der Waals surface area contributed by atoms with Crippen LogP contribution in [0.5, 0.6) is 0 Å². The Labute approximate surface area is 125 Å². The second-order valence-corrected chi connectivity index (χ2v) is 9.30. The predicted molar refractivity (Wildman–Crippen MR) is 81.3 cm³/mol. The maximum atomic E-state index is 12.7. The first kappa shape index (κ1) is 15.9. The molecule has 1 aliphatic heterocycles. The lowest BCUT2D eigenvalue weighted by molar-refractivity contribution is 0.271. The van der Waals surface area contributed by atoms with Gasteiger partial charge in [0, 0.05) is 42.0 Å². The standard InChI is InChI=1S/C13H22N2O3S2/c1-4-14-8-12(7-11(14)9-16)20(17,18)15-5-6-19-13(2,3)10-15/h7-8,16H,4-6,9-10H2,1-3H3. The Morgan fingerprint density at radius 1 is 1.45 bits per heavy atom. The lowest BCUT2D eigenvalue weighted by atomic mass is 10.2. The third-order valence-electron chi connectivity index (χ3n) is 3.49. The maximum Gasteiger partial charge on any atom is 0.244 e. The molecule has 0 aliphatic carbocycles. The SMILES string of the molecule is CCn1cc(S(=O)(=O)N2CCSC(C)(C)C2)cc1CO. The minimum atomic E-state index is -3.47. The van der Waals surface area contributed by atoms with Crippen LogP contribution in [0.4, 0.5) is 0 Å². The Morgan fingerprint density at radius 3 is 2.65 bits per heavy atom. The molecular formula is C13H22N2O3S2. The van der Waals surface area contributed by atoms with E-state index >= 15 is 0 Å². The molecule has 0 amide bonds. The van der Waals surface area contributed by atoms with Crippen LogP contribution in [0.25, 0.3) is 0 Å². The molecule has 1 aromatic heterocycles. The van der Waals surface area contributed by atoms with Crippen LogP contribution in [0.15, 0.2) is 17.2 Å². The molecule has 5 nitrogen and oxygen atoms in total. The molecule has 114 valence electrons. The van der Waals surface area contributed by atoms with Gasteiger partial charge in [-0.1, -0.05) is 0 Å². The summed E-state index contributed by atoms with van der Waals surface area (Å²) < 4.78 is 28.7. The number of aliphatic hydroxyl groups excluding tert-OH is 1. The summed E-state index contributed by atoms with van der Waals surface area (Å²) in [5.41, 5.74) is 0.636. The second-order valence-electron chi connectivity index (χ2n) is 5.56. The van der Waals surface area contributed by atoms with Crippen LogP contribution in [-0.2, 0) is 23.2 Å². The van der Waals surface area contributed by atoms with Gasteiger partial charge >= 0.3 is 0 Å². The Balaban J connectivity index is 2.32. The highest BCUT2D eigenvalue weighted by Gasteiger charge is 2.35.